The van der Waals surface area contributed by atoms with Crippen LogP contribution in [-0.4, -0.2) is 66.5 Å². The molecule has 0 radical (unpaired) electrons. The Labute approximate surface area is 460 Å². The van der Waals surface area contributed by atoms with Crippen LogP contribution in [0.3, 0.4) is 0 Å². The van der Waals surface area contributed by atoms with Crippen LogP contribution in [0.5, 0.6) is 0 Å². The van der Waals surface area contributed by atoms with Crippen molar-refractivity contribution in [3.63, 3.8) is 0 Å². The van der Waals surface area contributed by atoms with Crippen LogP contribution in [0.25, 0.3) is 0 Å². The molecule has 0 rings (SSSR count). The van der Waals surface area contributed by atoms with Gasteiger partial charge in [0.1, 0.15) is 12.7 Å². The first-order chi connectivity index (χ1) is 37.2. The molecule has 0 aliphatic carbocycles. The van der Waals surface area contributed by atoms with E-state index in [2.05, 4.69) is 148 Å². The van der Waals surface area contributed by atoms with E-state index in [-0.39, 0.29) is 19.3 Å². The Bertz CT molecular complexity index is 1880. The fraction of sp³-hybridized carbons (Fsp3) is 0.547. The highest BCUT2D eigenvalue weighted by Gasteiger charge is 2.28. The first-order valence-corrected chi connectivity index (χ1v) is 29.9. The van der Waals surface area contributed by atoms with Crippen molar-refractivity contribution >= 4 is 25.7 Å². The van der Waals surface area contributed by atoms with Gasteiger partial charge in [0.25, 0.3) is 0 Å². The summed E-state index contributed by atoms with van der Waals surface area (Å²) in [6.07, 6.45) is 73.8. The second-order valence-electron chi connectivity index (χ2n) is 18.0. The average Bonchev–Trinajstić information content (AvgIpc) is 3.41. The number of allylic oxidation sites excluding steroid dienone is 26. The third kappa shape index (κ3) is 53.9. The van der Waals surface area contributed by atoms with E-state index < -0.39 is 64.4 Å². The third-order valence-electron chi connectivity index (χ3n) is 11.0. The smallest absolute Gasteiger partial charge is 0.462 e. The van der Waals surface area contributed by atoms with Crippen molar-refractivity contribution in [2.24, 2.45) is 0 Å². The van der Waals surface area contributed by atoms with Gasteiger partial charge in [-0.05, 0) is 116 Å². The number of aliphatic hydroxyl groups is 1. The summed E-state index contributed by atoms with van der Waals surface area (Å²) >= 11 is 0. The molecule has 0 aliphatic heterocycles. The van der Waals surface area contributed by atoms with Crippen molar-refractivity contribution in [3.05, 3.63) is 158 Å². The lowest BCUT2D eigenvalue weighted by atomic mass is 10.1. The van der Waals surface area contributed by atoms with Crippen LogP contribution >= 0.6 is 7.82 Å². The second-order valence-corrected chi connectivity index (χ2v) is 19.4. The Balaban J connectivity index is 4.94. The van der Waals surface area contributed by atoms with Crippen LogP contribution in [0, 0.1) is 0 Å². The number of phosphoric ester groups is 1. The van der Waals surface area contributed by atoms with Gasteiger partial charge >= 0.3 is 25.7 Å². The van der Waals surface area contributed by atoms with E-state index >= 15 is 0 Å². The van der Waals surface area contributed by atoms with Gasteiger partial charge in [0.2, 0.25) is 0 Å². The van der Waals surface area contributed by atoms with Gasteiger partial charge in [-0.3, -0.25) is 23.4 Å². The standard InChI is InChI=1S/C64H99O11P/c1-4-7-10-13-16-19-22-25-27-29-30-32-33-36-38-41-44-47-50-53-62(66)71-57-61(75-64(68)55-52-49-46-43-40-37-34-31-28-26-23-20-17-14-11-8-5-2)59-73-76(69,70)72-58-60(56-65)74-63(67)54-51-48-45-42-39-35-24-21-18-15-12-9-6-3/h7-12,16-21,25-28,30,32,35-36,38-39,44-45,47-48,60-61,65H,4-6,13-15,22-24,29,31,33-34,37,40-43,46,49-59H2,1-3H3,(H,69,70)/b10-7-,11-8-,12-9-,19-16-,20-17-,21-18-,27-25-,28-26-,32-30-,38-36-,39-35-,47-44-,48-45-. The van der Waals surface area contributed by atoms with E-state index in [0.29, 0.717) is 19.3 Å². The number of rotatable bonds is 50. The quantitative estimate of drug-likeness (QED) is 0.0197. The Morgan fingerprint density at radius 3 is 1.07 bits per heavy atom. The average molecular weight is 1080 g/mol. The molecule has 12 heteroatoms. The molecule has 0 aromatic carbocycles. The highest BCUT2D eigenvalue weighted by molar-refractivity contribution is 7.47. The van der Waals surface area contributed by atoms with E-state index in [1.807, 2.05) is 30.4 Å². The lowest BCUT2D eigenvalue weighted by Gasteiger charge is -2.21. The number of carbonyl (C=O) groups excluding carboxylic acids is 3. The molecule has 0 fully saturated rings. The molecule has 0 bridgehead atoms. The molecule has 0 aromatic rings. The first-order valence-electron chi connectivity index (χ1n) is 28.4. The summed E-state index contributed by atoms with van der Waals surface area (Å²) < 4.78 is 39.3. The molecule has 0 saturated carbocycles. The number of hydrogen-bond donors (Lipinski definition) is 2. The van der Waals surface area contributed by atoms with E-state index in [1.54, 1.807) is 0 Å². The summed E-state index contributed by atoms with van der Waals surface area (Å²) in [6, 6.07) is 0. The molecule has 76 heavy (non-hydrogen) atoms. The number of hydrogen-bond acceptors (Lipinski definition) is 10. The van der Waals surface area contributed by atoms with Gasteiger partial charge in [-0.2, -0.15) is 0 Å². The third-order valence-corrected chi connectivity index (χ3v) is 11.9. The lowest BCUT2D eigenvalue weighted by Crippen LogP contribution is -2.30. The molecular weight excluding hydrogens is 976 g/mol. The summed E-state index contributed by atoms with van der Waals surface area (Å²) in [4.78, 5) is 48.5. The van der Waals surface area contributed by atoms with Crippen LogP contribution in [0.4, 0.5) is 0 Å². The SMILES string of the molecule is CC/C=C\C/C=C\C/C=C\C/C=C\C/C=C\C/C=C\CCC(=O)OCC(COP(=O)(O)OCC(CO)OC(=O)CC/C=C\C/C=C\C/C=C\C/C=C\CC)OC(=O)CCCCCCCCC/C=C\C/C=C\C/C=C\CC. The Kier molecular flexibility index (Phi) is 52.7. The van der Waals surface area contributed by atoms with Crippen LogP contribution in [0.2, 0.25) is 0 Å². The molecule has 0 spiro atoms. The van der Waals surface area contributed by atoms with Crippen LogP contribution in [-0.2, 0) is 42.2 Å². The van der Waals surface area contributed by atoms with E-state index in [9.17, 15) is 28.9 Å². The number of ether oxygens (including phenoxy) is 3. The van der Waals surface area contributed by atoms with Crippen molar-refractivity contribution in [1.82, 2.24) is 0 Å². The fourth-order valence-corrected chi connectivity index (χ4v) is 7.55. The predicted molar refractivity (Wildman–Crippen MR) is 315 cm³/mol. The molecule has 2 N–H and O–H groups in total. The summed E-state index contributed by atoms with van der Waals surface area (Å²) in [5.74, 6) is -1.69. The molecule has 0 saturated heterocycles. The van der Waals surface area contributed by atoms with Crippen molar-refractivity contribution in [3.8, 4) is 0 Å². The minimum atomic E-state index is -4.80. The maximum absolute atomic E-state index is 12.9. The molecule has 0 aromatic heterocycles. The summed E-state index contributed by atoms with van der Waals surface area (Å²) in [5.41, 5.74) is 0. The zero-order valence-electron chi connectivity index (χ0n) is 46.9. The van der Waals surface area contributed by atoms with Gasteiger partial charge < -0.3 is 24.2 Å². The maximum Gasteiger partial charge on any atom is 0.472 e. The van der Waals surface area contributed by atoms with Gasteiger partial charge in [-0.1, -0.05) is 211 Å². The molecule has 426 valence electrons. The number of phosphoric acid groups is 1. The molecule has 11 nitrogen and oxygen atoms in total. The van der Waals surface area contributed by atoms with Crippen molar-refractivity contribution in [2.75, 3.05) is 26.4 Å². The van der Waals surface area contributed by atoms with Crippen LogP contribution < -0.4 is 0 Å². The van der Waals surface area contributed by atoms with Crippen molar-refractivity contribution in [2.45, 2.75) is 200 Å². The van der Waals surface area contributed by atoms with Gasteiger partial charge in [-0.25, -0.2) is 4.57 Å². The molecule has 3 atom stereocenters. The number of esters is 3. The van der Waals surface area contributed by atoms with E-state index in [1.165, 1.54) is 0 Å². The normalized spacial score (nSPS) is 14.5. The zero-order chi connectivity index (χ0) is 55.5. The number of aliphatic hydroxyl groups excluding tert-OH is 1. The second kappa shape index (κ2) is 56.3. The molecule has 0 aliphatic rings. The topological polar surface area (TPSA) is 155 Å². The minimum absolute atomic E-state index is 0.0415. The van der Waals surface area contributed by atoms with E-state index in [4.69, 9.17) is 23.3 Å². The lowest BCUT2D eigenvalue weighted by molar-refractivity contribution is -0.161. The Morgan fingerprint density at radius 1 is 0.368 bits per heavy atom. The summed E-state index contributed by atoms with van der Waals surface area (Å²) in [6.45, 7) is 4.09. The van der Waals surface area contributed by atoms with Crippen LogP contribution in [0.15, 0.2) is 158 Å². The van der Waals surface area contributed by atoms with Crippen molar-refractivity contribution < 1.29 is 52.2 Å². The number of carbonyl (C=O) groups is 3. The predicted octanol–water partition coefficient (Wildman–Crippen LogP) is 16.9. The highest BCUT2D eigenvalue weighted by Crippen LogP contribution is 2.43. The molecule has 0 amide bonds. The molecular formula is C64H99O11P. The van der Waals surface area contributed by atoms with E-state index in [0.717, 1.165) is 128 Å². The minimum Gasteiger partial charge on any atom is -0.462 e. The van der Waals surface area contributed by atoms with Gasteiger partial charge in [0.15, 0.2) is 6.10 Å². The molecule has 3 unspecified atom stereocenters. The zero-order valence-corrected chi connectivity index (χ0v) is 47.8. The Morgan fingerprint density at radius 2 is 0.671 bits per heavy atom. The van der Waals surface area contributed by atoms with Gasteiger partial charge in [0.05, 0.1) is 19.8 Å². The molecule has 0 heterocycles. The largest absolute Gasteiger partial charge is 0.472 e. The maximum atomic E-state index is 12.9. The summed E-state index contributed by atoms with van der Waals surface area (Å²) in [7, 11) is -4.80. The summed E-state index contributed by atoms with van der Waals surface area (Å²) in [5, 5.41) is 9.79. The van der Waals surface area contributed by atoms with Gasteiger partial charge in [0, 0.05) is 19.3 Å². The first kappa shape index (κ1) is 71.1. The highest BCUT2D eigenvalue weighted by atomic mass is 31.2. The number of unbranched alkanes of at least 4 members (excludes halogenated alkanes) is 7. The van der Waals surface area contributed by atoms with Crippen molar-refractivity contribution in [1.29, 1.82) is 0 Å². The van der Waals surface area contributed by atoms with Gasteiger partial charge in [-0.15, -0.1) is 0 Å². The van der Waals surface area contributed by atoms with Crippen LogP contribution in [0.1, 0.15) is 188 Å². The fourth-order valence-electron chi connectivity index (χ4n) is 6.76. The monoisotopic (exact) mass is 1070 g/mol. The Hall–Kier alpha value is -4.90.